The second-order valence-corrected chi connectivity index (χ2v) is 8.17. The number of nitrogens with zero attached hydrogens (tertiary/aromatic N) is 3. The highest BCUT2D eigenvalue weighted by atomic mass is 16.3. The number of piperidine rings is 1. The fourth-order valence-electron chi connectivity index (χ4n) is 5.00. The van der Waals surface area contributed by atoms with Crippen LogP contribution < -0.4 is 0 Å². The molecule has 1 aliphatic carbocycles. The Morgan fingerprint density at radius 1 is 1.20 bits per heavy atom. The molecule has 25 heavy (non-hydrogen) atoms. The molecule has 3 fully saturated rings. The summed E-state index contributed by atoms with van der Waals surface area (Å²) in [5, 5.41) is 9.89. The summed E-state index contributed by atoms with van der Waals surface area (Å²) in [4.78, 5) is 21.7. The van der Waals surface area contributed by atoms with Crippen molar-refractivity contribution in [2.24, 2.45) is 17.8 Å². The lowest BCUT2D eigenvalue weighted by atomic mass is 9.80. The van der Waals surface area contributed by atoms with Gasteiger partial charge in [0.05, 0.1) is 12.0 Å². The summed E-state index contributed by atoms with van der Waals surface area (Å²) in [5.74, 6) is 1.61. The van der Waals surface area contributed by atoms with Crippen LogP contribution in [0.15, 0.2) is 24.5 Å². The lowest BCUT2D eigenvalue weighted by Gasteiger charge is -2.34. The summed E-state index contributed by atoms with van der Waals surface area (Å²) in [6.07, 6.45) is 8.54. The molecule has 4 unspecified atom stereocenters. The molecule has 1 saturated carbocycles. The smallest absolute Gasteiger partial charge is 0.226 e. The van der Waals surface area contributed by atoms with E-state index in [9.17, 15) is 9.90 Å². The van der Waals surface area contributed by atoms with Gasteiger partial charge in [-0.15, -0.1) is 0 Å². The molecule has 2 saturated heterocycles. The topological polar surface area (TPSA) is 56.7 Å². The van der Waals surface area contributed by atoms with Gasteiger partial charge >= 0.3 is 0 Å². The third kappa shape index (κ3) is 3.87. The van der Waals surface area contributed by atoms with E-state index in [1.54, 1.807) is 6.20 Å². The zero-order valence-corrected chi connectivity index (χ0v) is 14.9. The summed E-state index contributed by atoms with van der Waals surface area (Å²) in [6, 6.07) is 4.08. The number of hydrogen-bond donors (Lipinski definition) is 1. The van der Waals surface area contributed by atoms with Gasteiger partial charge in [0.2, 0.25) is 5.91 Å². The number of aromatic nitrogens is 1. The molecule has 2 aliphatic heterocycles. The third-order valence-corrected chi connectivity index (χ3v) is 6.32. The van der Waals surface area contributed by atoms with E-state index >= 15 is 0 Å². The summed E-state index contributed by atoms with van der Waals surface area (Å²) in [7, 11) is 0. The van der Waals surface area contributed by atoms with Crippen LogP contribution >= 0.6 is 0 Å². The number of carbonyl (C=O) groups is 1. The largest absolute Gasteiger partial charge is 0.393 e. The SMILES string of the molecule is O=C(C1CCCN(Cc2cccnc2)C1)N1CC2CCC(O)CC2C1. The van der Waals surface area contributed by atoms with Crippen LogP contribution in [0, 0.1) is 17.8 Å². The van der Waals surface area contributed by atoms with E-state index in [1.165, 1.54) is 5.56 Å². The van der Waals surface area contributed by atoms with Crippen molar-refractivity contribution in [3.8, 4) is 0 Å². The van der Waals surface area contributed by atoms with Crippen LogP contribution in [0.5, 0.6) is 0 Å². The van der Waals surface area contributed by atoms with E-state index in [1.807, 2.05) is 12.3 Å². The lowest BCUT2D eigenvalue weighted by molar-refractivity contribution is -0.136. The second-order valence-electron chi connectivity index (χ2n) is 8.17. The molecule has 136 valence electrons. The van der Waals surface area contributed by atoms with Crippen LogP contribution in [-0.2, 0) is 11.3 Å². The molecule has 0 aromatic carbocycles. The van der Waals surface area contributed by atoms with Crippen LogP contribution in [0.2, 0.25) is 0 Å². The Hall–Kier alpha value is -1.46. The first-order valence-electron chi connectivity index (χ1n) is 9.77. The molecule has 0 bridgehead atoms. The van der Waals surface area contributed by atoms with Crippen LogP contribution in [-0.4, -0.2) is 58.1 Å². The predicted molar refractivity (Wildman–Crippen MR) is 95.7 cm³/mol. The number of fused-ring (bicyclic) bond motifs is 1. The Kier molecular flexibility index (Phi) is 5.04. The number of rotatable bonds is 3. The van der Waals surface area contributed by atoms with Crippen molar-refractivity contribution in [3.05, 3.63) is 30.1 Å². The Bertz CT molecular complexity index is 594. The number of carbonyl (C=O) groups excluding carboxylic acids is 1. The Morgan fingerprint density at radius 3 is 2.92 bits per heavy atom. The van der Waals surface area contributed by atoms with Crippen LogP contribution in [0.1, 0.15) is 37.7 Å². The van der Waals surface area contributed by atoms with Crippen molar-refractivity contribution in [1.82, 2.24) is 14.8 Å². The first-order valence-corrected chi connectivity index (χ1v) is 9.77. The van der Waals surface area contributed by atoms with E-state index in [2.05, 4.69) is 20.9 Å². The van der Waals surface area contributed by atoms with E-state index in [0.717, 1.165) is 64.8 Å². The van der Waals surface area contributed by atoms with Gasteiger partial charge in [0.25, 0.3) is 0 Å². The Balaban J connectivity index is 1.34. The van der Waals surface area contributed by atoms with Gasteiger partial charge in [-0.2, -0.15) is 0 Å². The maximum Gasteiger partial charge on any atom is 0.226 e. The molecule has 0 radical (unpaired) electrons. The molecule has 3 heterocycles. The average Bonchev–Trinajstić information content (AvgIpc) is 3.05. The molecule has 5 nitrogen and oxygen atoms in total. The van der Waals surface area contributed by atoms with Gasteiger partial charge < -0.3 is 10.0 Å². The molecule has 5 heteroatoms. The van der Waals surface area contributed by atoms with Crippen LogP contribution in [0.4, 0.5) is 0 Å². The quantitative estimate of drug-likeness (QED) is 0.911. The summed E-state index contributed by atoms with van der Waals surface area (Å²) in [6.45, 7) is 4.59. The minimum atomic E-state index is -0.152. The lowest BCUT2D eigenvalue weighted by Crippen LogP contribution is -2.44. The monoisotopic (exact) mass is 343 g/mol. The van der Waals surface area contributed by atoms with Crippen molar-refractivity contribution in [2.75, 3.05) is 26.2 Å². The number of hydrogen-bond acceptors (Lipinski definition) is 4. The maximum atomic E-state index is 13.0. The summed E-state index contributed by atoms with van der Waals surface area (Å²) in [5.41, 5.74) is 1.22. The number of aliphatic hydroxyl groups excluding tert-OH is 1. The molecule has 3 aliphatic rings. The fraction of sp³-hybridized carbons (Fsp3) is 0.700. The highest BCUT2D eigenvalue weighted by molar-refractivity contribution is 5.79. The van der Waals surface area contributed by atoms with E-state index in [0.29, 0.717) is 17.7 Å². The standard InChI is InChI=1S/C20H29N3O2/c24-19-6-5-16-13-23(14-18(16)9-19)20(25)17-4-2-8-22(12-17)11-15-3-1-7-21-10-15/h1,3,7,10,16-19,24H,2,4-6,8-9,11-14H2. The van der Waals surface area contributed by atoms with E-state index < -0.39 is 0 Å². The molecule has 1 aromatic rings. The minimum Gasteiger partial charge on any atom is -0.393 e. The zero-order valence-electron chi connectivity index (χ0n) is 14.9. The first kappa shape index (κ1) is 17.0. The molecule has 0 spiro atoms. The van der Waals surface area contributed by atoms with E-state index in [-0.39, 0.29) is 12.0 Å². The average molecular weight is 343 g/mol. The van der Waals surface area contributed by atoms with Crippen molar-refractivity contribution >= 4 is 5.91 Å². The van der Waals surface area contributed by atoms with Gasteiger partial charge in [0.15, 0.2) is 0 Å². The van der Waals surface area contributed by atoms with Gasteiger partial charge in [0.1, 0.15) is 0 Å². The zero-order chi connectivity index (χ0) is 17.2. The highest BCUT2D eigenvalue weighted by Gasteiger charge is 2.41. The van der Waals surface area contributed by atoms with Crippen molar-refractivity contribution < 1.29 is 9.90 Å². The molecule has 4 atom stereocenters. The maximum absolute atomic E-state index is 13.0. The molecule has 1 amide bonds. The molecular formula is C20H29N3O2. The molecule has 4 rings (SSSR count). The Labute approximate surface area is 150 Å². The van der Waals surface area contributed by atoms with Gasteiger partial charge in [-0.3, -0.25) is 14.7 Å². The van der Waals surface area contributed by atoms with Crippen LogP contribution in [0.3, 0.4) is 0 Å². The predicted octanol–water partition coefficient (Wildman–Crippen LogP) is 1.91. The molecule has 1 N–H and O–H groups in total. The van der Waals surface area contributed by atoms with Gasteiger partial charge in [-0.1, -0.05) is 6.07 Å². The van der Waals surface area contributed by atoms with Crippen molar-refractivity contribution in [3.63, 3.8) is 0 Å². The third-order valence-electron chi connectivity index (χ3n) is 6.32. The molecule has 1 aromatic heterocycles. The molecular weight excluding hydrogens is 314 g/mol. The number of likely N-dealkylation sites (tertiary alicyclic amines) is 2. The van der Waals surface area contributed by atoms with Gasteiger partial charge in [0, 0.05) is 38.6 Å². The number of amides is 1. The highest BCUT2D eigenvalue weighted by Crippen LogP contribution is 2.37. The number of aliphatic hydroxyl groups is 1. The summed E-state index contributed by atoms with van der Waals surface area (Å²) >= 11 is 0. The first-order chi connectivity index (χ1) is 12.2. The van der Waals surface area contributed by atoms with Crippen LogP contribution in [0.25, 0.3) is 0 Å². The van der Waals surface area contributed by atoms with Crippen molar-refractivity contribution in [2.45, 2.75) is 44.8 Å². The number of pyridine rings is 1. The van der Waals surface area contributed by atoms with Gasteiger partial charge in [-0.25, -0.2) is 0 Å². The Morgan fingerprint density at radius 2 is 2.08 bits per heavy atom. The van der Waals surface area contributed by atoms with Gasteiger partial charge in [-0.05, 0) is 62.1 Å². The normalized spacial score (nSPS) is 33.2. The fourth-order valence-corrected chi connectivity index (χ4v) is 5.00. The van der Waals surface area contributed by atoms with Crippen molar-refractivity contribution in [1.29, 1.82) is 0 Å². The minimum absolute atomic E-state index is 0.135. The summed E-state index contributed by atoms with van der Waals surface area (Å²) < 4.78 is 0. The van der Waals surface area contributed by atoms with E-state index in [4.69, 9.17) is 0 Å². The second kappa shape index (κ2) is 7.42.